The number of nitrogens with zero attached hydrogens (tertiary/aromatic N) is 1. The highest BCUT2D eigenvalue weighted by Gasteiger charge is 2.15. The Morgan fingerprint density at radius 3 is 2.50 bits per heavy atom. The zero-order valence-electron chi connectivity index (χ0n) is 14.1. The molecule has 0 saturated carbocycles. The molecule has 1 amide bonds. The molecule has 0 unspecified atom stereocenters. The van der Waals surface area contributed by atoms with Gasteiger partial charge in [-0.2, -0.15) is 0 Å². The SMILES string of the molecule is O=C(CN(Cc1ccco1)Cc1ccccc1O)Nc1ccc(Br)cc1. The fourth-order valence-corrected chi connectivity index (χ4v) is 2.88. The fraction of sp³-hybridized carbons (Fsp3) is 0.150. The average molecular weight is 415 g/mol. The van der Waals surface area contributed by atoms with Gasteiger partial charge in [-0.15, -0.1) is 0 Å². The molecule has 0 fully saturated rings. The topological polar surface area (TPSA) is 65.7 Å². The van der Waals surface area contributed by atoms with E-state index in [0.29, 0.717) is 13.1 Å². The number of aromatic hydroxyl groups is 1. The highest BCUT2D eigenvalue weighted by atomic mass is 79.9. The molecule has 0 aliphatic carbocycles. The number of hydrogen-bond donors (Lipinski definition) is 2. The maximum Gasteiger partial charge on any atom is 0.238 e. The minimum absolute atomic E-state index is 0.130. The van der Waals surface area contributed by atoms with Crippen molar-refractivity contribution in [1.82, 2.24) is 4.90 Å². The summed E-state index contributed by atoms with van der Waals surface area (Å²) in [6, 6.07) is 18.2. The second kappa shape index (κ2) is 8.69. The van der Waals surface area contributed by atoms with Gasteiger partial charge >= 0.3 is 0 Å². The number of carbonyl (C=O) groups excluding carboxylic acids is 1. The van der Waals surface area contributed by atoms with Crippen LogP contribution in [0.3, 0.4) is 0 Å². The van der Waals surface area contributed by atoms with Gasteiger partial charge in [-0.05, 0) is 42.5 Å². The van der Waals surface area contributed by atoms with Crippen LogP contribution in [0.25, 0.3) is 0 Å². The van der Waals surface area contributed by atoms with E-state index in [2.05, 4.69) is 21.2 Å². The smallest absolute Gasteiger partial charge is 0.238 e. The third-order valence-electron chi connectivity index (χ3n) is 3.84. The van der Waals surface area contributed by atoms with E-state index in [1.54, 1.807) is 18.4 Å². The van der Waals surface area contributed by atoms with Crippen molar-refractivity contribution in [3.05, 3.63) is 82.7 Å². The molecular formula is C20H19BrN2O3. The fourth-order valence-electron chi connectivity index (χ4n) is 2.61. The molecule has 1 heterocycles. The Bertz CT molecular complexity index is 848. The Morgan fingerprint density at radius 2 is 1.81 bits per heavy atom. The molecular weight excluding hydrogens is 396 g/mol. The summed E-state index contributed by atoms with van der Waals surface area (Å²) < 4.78 is 6.36. The van der Waals surface area contributed by atoms with E-state index in [0.717, 1.165) is 21.5 Å². The Morgan fingerprint density at radius 1 is 1.04 bits per heavy atom. The van der Waals surface area contributed by atoms with Crippen LogP contribution in [0.2, 0.25) is 0 Å². The highest BCUT2D eigenvalue weighted by molar-refractivity contribution is 9.10. The number of nitrogens with one attached hydrogen (secondary N) is 1. The molecule has 1 aromatic heterocycles. The Labute approximate surface area is 160 Å². The molecule has 0 aliphatic rings. The Kier molecular flexibility index (Phi) is 6.09. The third-order valence-corrected chi connectivity index (χ3v) is 4.37. The van der Waals surface area contributed by atoms with E-state index < -0.39 is 0 Å². The molecule has 6 heteroatoms. The summed E-state index contributed by atoms with van der Waals surface area (Å²) in [5, 5.41) is 12.9. The molecule has 3 aromatic rings. The molecule has 0 saturated heterocycles. The summed E-state index contributed by atoms with van der Waals surface area (Å²) in [7, 11) is 0. The first-order valence-corrected chi connectivity index (χ1v) is 8.96. The van der Waals surface area contributed by atoms with Gasteiger partial charge in [0.25, 0.3) is 0 Å². The van der Waals surface area contributed by atoms with Crippen LogP contribution in [-0.4, -0.2) is 22.5 Å². The molecule has 134 valence electrons. The zero-order valence-corrected chi connectivity index (χ0v) is 15.6. The van der Waals surface area contributed by atoms with E-state index in [9.17, 15) is 9.90 Å². The first-order valence-electron chi connectivity index (χ1n) is 8.17. The molecule has 0 spiro atoms. The van der Waals surface area contributed by atoms with Crippen molar-refractivity contribution < 1.29 is 14.3 Å². The van der Waals surface area contributed by atoms with Crippen molar-refractivity contribution in [2.75, 3.05) is 11.9 Å². The Balaban J connectivity index is 1.69. The van der Waals surface area contributed by atoms with E-state index in [-0.39, 0.29) is 18.2 Å². The molecule has 2 N–H and O–H groups in total. The molecule has 0 bridgehead atoms. The molecule has 0 aliphatic heterocycles. The normalized spacial score (nSPS) is 10.8. The summed E-state index contributed by atoms with van der Waals surface area (Å²) in [5.41, 5.74) is 1.49. The number of rotatable bonds is 7. The quantitative estimate of drug-likeness (QED) is 0.601. The molecule has 3 rings (SSSR count). The number of phenols is 1. The van der Waals surface area contributed by atoms with Gasteiger partial charge in [-0.25, -0.2) is 0 Å². The van der Waals surface area contributed by atoms with E-state index in [4.69, 9.17) is 4.42 Å². The number of halogens is 1. The second-order valence-electron chi connectivity index (χ2n) is 5.91. The zero-order chi connectivity index (χ0) is 18.4. The van der Waals surface area contributed by atoms with Crippen molar-refractivity contribution in [2.24, 2.45) is 0 Å². The molecule has 5 nitrogen and oxygen atoms in total. The largest absolute Gasteiger partial charge is 0.508 e. The second-order valence-corrected chi connectivity index (χ2v) is 6.82. The lowest BCUT2D eigenvalue weighted by molar-refractivity contribution is -0.117. The Hall–Kier alpha value is -2.57. The summed E-state index contributed by atoms with van der Waals surface area (Å²) >= 11 is 3.37. The summed E-state index contributed by atoms with van der Waals surface area (Å²) in [5.74, 6) is 0.844. The first-order chi connectivity index (χ1) is 12.6. The van der Waals surface area contributed by atoms with Gasteiger partial charge in [0.2, 0.25) is 5.91 Å². The van der Waals surface area contributed by atoms with Crippen LogP contribution in [0.5, 0.6) is 5.75 Å². The number of carbonyl (C=O) groups is 1. The number of benzene rings is 2. The van der Waals surface area contributed by atoms with Crippen LogP contribution in [-0.2, 0) is 17.9 Å². The average Bonchev–Trinajstić information content (AvgIpc) is 3.12. The van der Waals surface area contributed by atoms with Crippen LogP contribution in [0.4, 0.5) is 5.69 Å². The van der Waals surface area contributed by atoms with Gasteiger partial charge in [0.05, 0.1) is 19.4 Å². The minimum atomic E-state index is -0.130. The van der Waals surface area contributed by atoms with Crippen LogP contribution < -0.4 is 5.32 Å². The molecule has 0 radical (unpaired) electrons. The van der Waals surface area contributed by atoms with Crippen molar-refractivity contribution in [2.45, 2.75) is 13.1 Å². The van der Waals surface area contributed by atoms with E-state index >= 15 is 0 Å². The van der Waals surface area contributed by atoms with Crippen molar-refractivity contribution in [3.8, 4) is 5.75 Å². The molecule has 2 aromatic carbocycles. The number of phenolic OH excluding ortho intramolecular Hbond substituents is 1. The monoisotopic (exact) mass is 414 g/mol. The van der Waals surface area contributed by atoms with Crippen LogP contribution >= 0.6 is 15.9 Å². The molecule has 26 heavy (non-hydrogen) atoms. The summed E-state index contributed by atoms with van der Waals surface area (Å²) in [6.45, 7) is 1.07. The lowest BCUT2D eigenvalue weighted by Crippen LogP contribution is -2.32. The maximum atomic E-state index is 12.5. The molecule has 0 atom stereocenters. The van der Waals surface area contributed by atoms with Crippen LogP contribution in [0.15, 0.2) is 75.8 Å². The number of para-hydroxylation sites is 1. The maximum absolute atomic E-state index is 12.5. The van der Waals surface area contributed by atoms with Crippen molar-refractivity contribution in [3.63, 3.8) is 0 Å². The minimum Gasteiger partial charge on any atom is -0.508 e. The van der Waals surface area contributed by atoms with Gasteiger partial charge in [-0.3, -0.25) is 9.69 Å². The predicted octanol–water partition coefficient (Wildman–Crippen LogP) is 4.39. The predicted molar refractivity (Wildman–Crippen MR) is 104 cm³/mol. The van der Waals surface area contributed by atoms with Crippen LogP contribution in [0, 0.1) is 0 Å². The lowest BCUT2D eigenvalue weighted by atomic mass is 10.2. The number of furan rings is 1. The highest BCUT2D eigenvalue weighted by Crippen LogP contribution is 2.19. The summed E-state index contributed by atoms with van der Waals surface area (Å²) in [6.07, 6.45) is 1.61. The number of amides is 1. The van der Waals surface area contributed by atoms with Gasteiger partial charge < -0.3 is 14.8 Å². The summed E-state index contributed by atoms with van der Waals surface area (Å²) in [4.78, 5) is 14.4. The van der Waals surface area contributed by atoms with Crippen molar-refractivity contribution >= 4 is 27.5 Å². The van der Waals surface area contributed by atoms with E-state index in [1.807, 2.05) is 53.4 Å². The van der Waals surface area contributed by atoms with E-state index in [1.165, 1.54) is 0 Å². The van der Waals surface area contributed by atoms with Gasteiger partial charge in [0.1, 0.15) is 11.5 Å². The number of anilines is 1. The lowest BCUT2D eigenvalue weighted by Gasteiger charge is -2.21. The van der Waals surface area contributed by atoms with Gasteiger partial charge in [0, 0.05) is 22.3 Å². The van der Waals surface area contributed by atoms with Crippen LogP contribution in [0.1, 0.15) is 11.3 Å². The first kappa shape index (κ1) is 18.2. The van der Waals surface area contributed by atoms with Crippen molar-refractivity contribution in [1.29, 1.82) is 0 Å². The number of hydrogen-bond acceptors (Lipinski definition) is 4. The third kappa shape index (κ3) is 5.21. The van der Waals surface area contributed by atoms with Gasteiger partial charge in [0.15, 0.2) is 0 Å². The van der Waals surface area contributed by atoms with Gasteiger partial charge in [-0.1, -0.05) is 34.1 Å². The standard InChI is InChI=1S/C20H19BrN2O3/c21-16-7-9-17(10-8-16)22-20(25)14-23(13-18-5-3-11-26-18)12-15-4-1-2-6-19(15)24/h1-11,24H,12-14H2,(H,22,25).